The highest BCUT2D eigenvalue weighted by Gasteiger charge is 2.24. The van der Waals surface area contributed by atoms with Crippen molar-refractivity contribution in [3.8, 4) is 0 Å². The standard InChI is InChI=1S/C13H21N3/c1-2-16-13-7-5-3-4-6-12(13)11-8-14-10-15-9-11/h8-10,12-13,16H,2-7H2,1H3. The molecule has 0 aliphatic heterocycles. The van der Waals surface area contributed by atoms with E-state index in [0.717, 1.165) is 6.54 Å². The Morgan fingerprint density at radius 3 is 2.69 bits per heavy atom. The lowest BCUT2D eigenvalue weighted by Gasteiger charge is -2.25. The second-order valence-corrected chi connectivity index (χ2v) is 4.58. The summed E-state index contributed by atoms with van der Waals surface area (Å²) in [5, 5.41) is 3.62. The molecule has 3 nitrogen and oxygen atoms in total. The first-order valence-electron chi connectivity index (χ1n) is 6.40. The van der Waals surface area contributed by atoms with E-state index in [0.29, 0.717) is 12.0 Å². The maximum atomic E-state index is 4.15. The highest BCUT2D eigenvalue weighted by molar-refractivity contribution is 5.13. The van der Waals surface area contributed by atoms with Gasteiger partial charge in [0.2, 0.25) is 0 Å². The predicted molar refractivity (Wildman–Crippen MR) is 65.3 cm³/mol. The van der Waals surface area contributed by atoms with Gasteiger partial charge in [-0.25, -0.2) is 9.97 Å². The van der Waals surface area contributed by atoms with Gasteiger partial charge >= 0.3 is 0 Å². The predicted octanol–water partition coefficient (Wildman–Crippen LogP) is 2.50. The smallest absolute Gasteiger partial charge is 0.115 e. The lowest BCUT2D eigenvalue weighted by molar-refractivity contribution is 0.418. The molecule has 1 aliphatic carbocycles. The minimum absolute atomic E-state index is 0.601. The van der Waals surface area contributed by atoms with Crippen molar-refractivity contribution in [2.75, 3.05) is 6.54 Å². The van der Waals surface area contributed by atoms with Gasteiger partial charge < -0.3 is 5.32 Å². The number of aromatic nitrogens is 2. The van der Waals surface area contributed by atoms with E-state index >= 15 is 0 Å². The molecule has 0 radical (unpaired) electrons. The zero-order valence-electron chi connectivity index (χ0n) is 10.0. The Morgan fingerprint density at radius 2 is 1.94 bits per heavy atom. The van der Waals surface area contributed by atoms with Gasteiger partial charge in [-0.3, -0.25) is 0 Å². The maximum Gasteiger partial charge on any atom is 0.115 e. The zero-order chi connectivity index (χ0) is 11.2. The number of likely N-dealkylation sites (N-methyl/N-ethyl adjacent to an activating group) is 1. The Labute approximate surface area is 97.7 Å². The Morgan fingerprint density at radius 1 is 1.19 bits per heavy atom. The van der Waals surface area contributed by atoms with E-state index in [-0.39, 0.29) is 0 Å². The summed E-state index contributed by atoms with van der Waals surface area (Å²) in [5.74, 6) is 0.601. The van der Waals surface area contributed by atoms with Crippen LogP contribution in [0.1, 0.15) is 50.5 Å². The van der Waals surface area contributed by atoms with Crippen molar-refractivity contribution in [2.45, 2.75) is 51.0 Å². The minimum Gasteiger partial charge on any atom is -0.314 e. The Bertz CT molecular complexity index is 299. The van der Waals surface area contributed by atoms with Crippen LogP contribution < -0.4 is 5.32 Å². The molecule has 16 heavy (non-hydrogen) atoms. The van der Waals surface area contributed by atoms with Crippen LogP contribution >= 0.6 is 0 Å². The van der Waals surface area contributed by atoms with Gasteiger partial charge in [-0.1, -0.05) is 26.2 Å². The molecule has 0 saturated heterocycles. The van der Waals surface area contributed by atoms with Crippen LogP contribution in [0, 0.1) is 0 Å². The Hall–Kier alpha value is -0.960. The molecule has 88 valence electrons. The van der Waals surface area contributed by atoms with Crippen LogP contribution in [-0.4, -0.2) is 22.6 Å². The van der Waals surface area contributed by atoms with E-state index in [1.165, 1.54) is 37.7 Å². The van der Waals surface area contributed by atoms with Gasteiger partial charge in [0, 0.05) is 24.4 Å². The van der Waals surface area contributed by atoms with Gasteiger partial charge in [0.1, 0.15) is 6.33 Å². The molecule has 0 spiro atoms. The van der Waals surface area contributed by atoms with Crippen LogP contribution in [0.2, 0.25) is 0 Å². The van der Waals surface area contributed by atoms with E-state index < -0.39 is 0 Å². The lowest BCUT2D eigenvalue weighted by Crippen LogP contribution is -2.34. The molecule has 1 heterocycles. The summed E-state index contributed by atoms with van der Waals surface area (Å²) in [6, 6.07) is 0.610. The first-order valence-corrected chi connectivity index (χ1v) is 6.40. The summed E-state index contributed by atoms with van der Waals surface area (Å²) in [6.07, 6.45) is 12.2. The van der Waals surface area contributed by atoms with Crippen molar-refractivity contribution in [1.29, 1.82) is 0 Å². The van der Waals surface area contributed by atoms with Crippen molar-refractivity contribution >= 4 is 0 Å². The number of nitrogens with zero attached hydrogens (tertiary/aromatic N) is 2. The second-order valence-electron chi connectivity index (χ2n) is 4.58. The molecule has 0 amide bonds. The fourth-order valence-electron chi connectivity index (χ4n) is 2.72. The SMILES string of the molecule is CCNC1CCCCCC1c1cncnc1. The fraction of sp³-hybridized carbons (Fsp3) is 0.692. The lowest BCUT2D eigenvalue weighted by atomic mass is 9.89. The molecule has 1 saturated carbocycles. The molecule has 0 bridgehead atoms. The first kappa shape index (κ1) is 11.5. The average Bonchev–Trinajstić information content (AvgIpc) is 2.56. The molecule has 2 rings (SSSR count). The van der Waals surface area contributed by atoms with Crippen LogP contribution in [0.3, 0.4) is 0 Å². The second kappa shape index (κ2) is 5.94. The van der Waals surface area contributed by atoms with Gasteiger partial charge in [0.15, 0.2) is 0 Å². The minimum atomic E-state index is 0.601. The van der Waals surface area contributed by atoms with Crippen molar-refractivity contribution in [3.05, 3.63) is 24.3 Å². The normalized spacial score (nSPS) is 26.3. The van der Waals surface area contributed by atoms with Crippen molar-refractivity contribution in [1.82, 2.24) is 15.3 Å². The Balaban J connectivity index is 2.14. The van der Waals surface area contributed by atoms with Gasteiger partial charge in [0.25, 0.3) is 0 Å². The van der Waals surface area contributed by atoms with Gasteiger partial charge in [-0.15, -0.1) is 0 Å². The number of hydrogen-bond donors (Lipinski definition) is 1. The molecular weight excluding hydrogens is 198 g/mol. The number of hydrogen-bond acceptors (Lipinski definition) is 3. The monoisotopic (exact) mass is 219 g/mol. The molecule has 0 aromatic carbocycles. The van der Waals surface area contributed by atoms with E-state index in [1.807, 2.05) is 12.4 Å². The largest absolute Gasteiger partial charge is 0.314 e. The fourth-order valence-corrected chi connectivity index (χ4v) is 2.72. The maximum absolute atomic E-state index is 4.15. The highest BCUT2D eigenvalue weighted by Crippen LogP contribution is 2.31. The molecule has 1 aromatic heterocycles. The Kier molecular flexibility index (Phi) is 4.28. The molecule has 3 heteroatoms. The molecule has 2 unspecified atom stereocenters. The van der Waals surface area contributed by atoms with E-state index in [1.54, 1.807) is 6.33 Å². The van der Waals surface area contributed by atoms with Gasteiger partial charge in [-0.2, -0.15) is 0 Å². The third-order valence-corrected chi connectivity index (χ3v) is 3.49. The average molecular weight is 219 g/mol. The summed E-state index contributed by atoms with van der Waals surface area (Å²) < 4.78 is 0. The quantitative estimate of drug-likeness (QED) is 0.794. The van der Waals surface area contributed by atoms with E-state index in [9.17, 15) is 0 Å². The topological polar surface area (TPSA) is 37.8 Å². The van der Waals surface area contributed by atoms with Gasteiger partial charge in [-0.05, 0) is 24.9 Å². The van der Waals surface area contributed by atoms with Crippen LogP contribution in [0.15, 0.2) is 18.7 Å². The molecule has 1 N–H and O–H groups in total. The van der Waals surface area contributed by atoms with E-state index in [2.05, 4.69) is 22.2 Å². The van der Waals surface area contributed by atoms with Crippen LogP contribution in [-0.2, 0) is 0 Å². The number of nitrogens with one attached hydrogen (secondary N) is 1. The summed E-state index contributed by atoms with van der Waals surface area (Å²) >= 11 is 0. The van der Waals surface area contributed by atoms with Gasteiger partial charge in [0.05, 0.1) is 0 Å². The summed E-state index contributed by atoms with van der Waals surface area (Å²) in [5.41, 5.74) is 1.30. The highest BCUT2D eigenvalue weighted by atomic mass is 14.9. The molecular formula is C13H21N3. The third kappa shape index (κ3) is 2.79. The third-order valence-electron chi connectivity index (χ3n) is 3.49. The van der Waals surface area contributed by atoms with Crippen molar-refractivity contribution in [3.63, 3.8) is 0 Å². The molecule has 1 aliphatic rings. The summed E-state index contributed by atoms with van der Waals surface area (Å²) in [4.78, 5) is 8.29. The van der Waals surface area contributed by atoms with Crippen LogP contribution in [0.25, 0.3) is 0 Å². The molecule has 1 aromatic rings. The molecule has 1 fully saturated rings. The van der Waals surface area contributed by atoms with Crippen LogP contribution in [0.5, 0.6) is 0 Å². The summed E-state index contributed by atoms with van der Waals surface area (Å²) in [6.45, 7) is 3.23. The van der Waals surface area contributed by atoms with Crippen molar-refractivity contribution < 1.29 is 0 Å². The van der Waals surface area contributed by atoms with Crippen molar-refractivity contribution in [2.24, 2.45) is 0 Å². The zero-order valence-corrected chi connectivity index (χ0v) is 10.0. The van der Waals surface area contributed by atoms with Crippen LogP contribution in [0.4, 0.5) is 0 Å². The summed E-state index contributed by atoms with van der Waals surface area (Å²) in [7, 11) is 0. The van der Waals surface area contributed by atoms with E-state index in [4.69, 9.17) is 0 Å². The molecule has 2 atom stereocenters. The first-order chi connectivity index (χ1) is 7.92. The number of rotatable bonds is 3.